The largest absolute Gasteiger partial charge is 0.310 e. The van der Waals surface area contributed by atoms with Gasteiger partial charge in [0.25, 0.3) is 5.56 Å². The molecule has 0 spiro atoms. The van der Waals surface area contributed by atoms with E-state index in [9.17, 15) is 9.59 Å². The molecule has 1 aliphatic heterocycles. The average molecular weight is 330 g/mol. The van der Waals surface area contributed by atoms with E-state index in [1.165, 1.54) is 11.8 Å². The molecule has 0 fully saturated rings. The van der Waals surface area contributed by atoms with E-state index >= 15 is 0 Å². The van der Waals surface area contributed by atoms with Crippen molar-refractivity contribution in [1.29, 1.82) is 0 Å². The van der Waals surface area contributed by atoms with Gasteiger partial charge in [-0.3, -0.25) is 14.2 Å². The Bertz CT molecular complexity index is 831. The summed E-state index contributed by atoms with van der Waals surface area (Å²) in [7, 11) is 0. The fourth-order valence-electron chi connectivity index (χ4n) is 2.54. The number of carbonyl (C=O) groups is 1. The number of rotatable bonds is 3. The van der Waals surface area contributed by atoms with E-state index in [-0.39, 0.29) is 23.9 Å². The van der Waals surface area contributed by atoms with Gasteiger partial charge >= 0.3 is 0 Å². The quantitative estimate of drug-likeness (QED) is 0.873. The summed E-state index contributed by atoms with van der Waals surface area (Å²) in [5.74, 6) is 1.10. The number of hydrogen-bond acceptors (Lipinski definition) is 5. The van der Waals surface area contributed by atoms with Crippen molar-refractivity contribution < 1.29 is 4.79 Å². The highest BCUT2D eigenvalue weighted by atomic mass is 32.2. The van der Waals surface area contributed by atoms with Gasteiger partial charge in [0.1, 0.15) is 5.82 Å². The molecule has 1 amide bonds. The molecule has 0 bridgehead atoms. The van der Waals surface area contributed by atoms with Gasteiger partial charge in [0, 0.05) is 29.6 Å². The van der Waals surface area contributed by atoms with E-state index in [2.05, 4.69) is 15.3 Å². The smallest absolute Gasteiger partial charge is 0.257 e. The lowest BCUT2D eigenvalue weighted by Gasteiger charge is -2.14. The van der Waals surface area contributed by atoms with E-state index < -0.39 is 0 Å². The molecular formula is C16H18N4O2S. The predicted molar refractivity (Wildman–Crippen MR) is 90.0 cm³/mol. The summed E-state index contributed by atoms with van der Waals surface area (Å²) in [5.41, 5.74) is 2.25. The zero-order chi connectivity index (χ0) is 16.6. The van der Waals surface area contributed by atoms with Gasteiger partial charge in [-0.2, -0.15) is 0 Å². The maximum absolute atomic E-state index is 12.5. The minimum absolute atomic E-state index is 0.0516. The van der Waals surface area contributed by atoms with Gasteiger partial charge in [0.05, 0.1) is 6.04 Å². The van der Waals surface area contributed by atoms with Crippen molar-refractivity contribution >= 4 is 23.5 Å². The second-order valence-electron chi connectivity index (χ2n) is 5.67. The van der Waals surface area contributed by atoms with Crippen molar-refractivity contribution in [2.75, 3.05) is 11.1 Å². The molecule has 0 radical (unpaired) electrons. The van der Waals surface area contributed by atoms with E-state index in [0.717, 1.165) is 11.3 Å². The summed E-state index contributed by atoms with van der Waals surface area (Å²) in [6.07, 6.45) is 1.88. The molecule has 6 nitrogen and oxygen atoms in total. The molecule has 1 aliphatic rings. The van der Waals surface area contributed by atoms with Crippen LogP contribution in [-0.2, 0) is 4.79 Å². The lowest BCUT2D eigenvalue weighted by Crippen LogP contribution is -2.29. The molecular weight excluding hydrogens is 312 g/mol. The van der Waals surface area contributed by atoms with Crippen LogP contribution in [0.15, 0.2) is 28.3 Å². The molecule has 120 valence electrons. The normalized spacial score (nSPS) is 16.2. The van der Waals surface area contributed by atoms with E-state index in [1.54, 1.807) is 17.7 Å². The monoisotopic (exact) mass is 330 g/mol. The number of fused-ring (bicyclic) bond motifs is 1. The van der Waals surface area contributed by atoms with Crippen molar-refractivity contribution in [2.45, 2.75) is 38.4 Å². The molecule has 3 rings (SSSR count). The highest BCUT2D eigenvalue weighted by Crippen LogP contribution is 2.32. The van der Waals surface area contributed by atoms with E-state index in [0.29, 0.717) is 22.3 Å². The van der Waals surface area contributed by atoms with Crippen molar-refractivity contribution in [1.82, 2.24) is 14.5 Å². The van der Waals surface area contributed by atoms with Crippen LogP contribution in [0.1, 0.15) is 29.3 Å². The lowest BCUT2D eigenvalue weighted by molar-refractivity contribution is -0.116. The maximum Gasteiger partial charge on any atom is 0.257 e. The van der Waals surface area contributed by atoms with Gasteiger partial charge in [-0.1, -0.05) is 17.8 Å². The first-order valence-electron chi connectivity index (χ1n) is 7.41. The number of nitrogens with zero attached hydrogens (tertiary/aromatic N) is 3. The summed E-state index contributed by atoms with van der Waals surface area (Å²) in [5, 5.41) is 3.52. The Hall–Kier alpha value is -2.15. The molecule has 0 saturated heterocycles. The number of aryl methyl sites for hydroxylation is 2. The fourth-order valence-corrected chi connectivity index (χ4v) is 3.72. The van der Waals surface area contributed by atoms with E-state index in [4.69, 9.17) is 0 Å². The van der Waals surface area contributed by atoms with Crippen LogP contribution in [-0.4, -0.2) is 26.2 Å². The molecule has 1 unspecified atom stereocenters. The number of carbonyl (C=O) groups excluding carboxylic acids is 1. The summed E-state index contributed by atoms with van der Waals surface area (Å²) >= 11 is 1.52. The molecule has 2 aromatic rings. The van der Waals surface area contributed by atoms with Crippen LogP contribution in [0.2, 0.25) is 0 Å². The van der Waals surface area contributed by atoms with Gasteiger partial charge in [0.15, 0.2) is 5.16 Å². The van der Waals surface area contributed by atoms with Crippen LogP contribution in [0, 0.1) is 20.8 Å². The molecule has 23 heavy (non-hydrogen) atoms. The summed E-state index contributed by atoms with van der Waals surface area (Å²) in [4.78, 5) is 33.4. The number of amides is 1. The zero-order valence-corrected chi connectivity index (χ0v) is 14.1. The molecule has 0 saturated carbocycles. The van der Waals surface area contributed by atoms with Crippen LogP contribution < -0.4 is 10.9 Å². The Morgan fingerprint density at radius 2 is 2.22 bits per heavy atom. The Morgan fingerprint density at radius 1 is 1.43 bits per heavy atom. The van der Waals surface area contributed by atoms with Crippen LogP contribution >= 0.6 is 11.8 Å². The zero-order valence-electron chi connectivity index (χ0n) is 13.3. The average Bonchev–Trinajstić information content (AvgIpc) is 2.90. The highest BCUT2D eigenvalue weighted by Gasteiger charge is 2.28. The third-order valence-electron chi connectivity index (χ3n) is 4.01. The first-order valence-corrected chi connectivity index (χ1v) is 8.40. The fraction of sp³-hybridized carbons (Fsp3) is 0.375. The number of nitrogens with one attached hydrogen (secondary N) is 1. The molecule has 2 aromatic heterocycles. The van der Waals surface area contributed by atoms with Gasteiger partial charge < -0.3 is 5.32 Å². The van der Waals surface area contributed by atoms with Crippen LogP contribution in [0.3, 0.4) is 0 Å². The molecule has 7 heteroatoms. The third kappa shape index (κ3) is 3.01. The third-order valence-corrected chi connectivity index (χ3v) is 5.11. The number of pyridine rings is 1. The number of aromatic nitrogens is 3. The minimum Gasteiger partial charge on any atom is -0.310 e. The predicted octanol–water partition coefficient (Wildman–Crippen LogP) is 2.24. The van der Waals surface area contributed by atoms with Crippen molar-refractivity contribution in [3.05, 3.63) is 45.5 Å². The van der Waals surface area contributed by atoms with Crippen LogP contribution in [0.25, 0.3) is 0 Å². The number of hydrogen-bond donors (Lipinski definition) is 1. The second kappa shape index (κ2) is 6.16. The van der Waals surface area contributed by atoms with Crippen LogP contribution in [0.4, 0.5) is 5.82 Å². The molecule has 1 N–H and O–H groups in total. The molecule has 1 atom stereocenters. The Morgan fingerprint density at radius 3 is 2.96 bits per heavy atom. The van der Waals surface area contributed by atoms with Gasteiger partial charge in [-0.25, -0.2) is 9.97 Å². The number of thioether (sulfide) groups is 1. The standard InChI is InChI=1S/C16H18N4O2S/c1-9-5-4-6-17-14(9)19-13(21)7-12-8-23-16-18-11(3)10(2)15(22)20(12)16/h4-6,12H,7-8H2,1-3H3,(H,17,19,21). The first kappa shape index (κ1) is 15.7. The molecule has 3 heterocycles. The second-order valence-corrected chi connectivity index (χ2v) is 6.65. The molecule has 0 aliphatic carbocycles. The van der Waals surface area contributed by atoms with Gasteiger partial charge in [-0.15, -0.1) is 0 Å². The SMILES string of the molecule is Cc1cccnc1NC(=O)CC1CSc2nc(C)c(C)c(=O)n21. The first-order chi connectivity index (χ1) is 11.0. The van der Waals surface area contributed by atoms with Gasteiger partial charge in [0.2, 0.25) is 5.91 Å². The highest BCUT2D eigenvalue weighted by molar-refractivity contribution is 7.99. The van der Waals surface area contributed by atoms with Crippen molar-refractivity contribution in [3.8, 4) is 0 Å². The van der Waals surface area contributed by atoms with E-state index in [1.807, 2.05) is 26.0 Å². The summed E-state index contributed by atoms with van der Waals surface area (Å²) in [6.45, 7) is 5.50. The lowest BCUT2D eigenvalue weighted by atomic mass is 10.2. The Labute approximate surface area is 138 Å². The minimum atomic E-state index is -0.168. The Balaban J connectivity index is 1.79. The maximum atomic E-state index is 12.5. The summed E-state index contributed by atoms with van der Waals surface area (Å²) < 4.78 is 1.65. The van der Waals surface area contributed by atoms with Crippen LogP contribution in [0.5, 0.6) is 0 Å². The topological polar surface area (TPSA) is 76.9 Å². The van der Waals surface area contributed by atoms with Crippen molar-refractivity contribution in [3.63, 3.8) is 0 Å². The van der Waals surface area contributed by atoms with Gasteiger partial charge in [-0.05, 0) is 32.4 Å². The molecule has 0 aromatic carbocycles. The van der Waals surface area contributed by atoms with Crippen molar-refractivity contribution in [2.24, 2.45) is 0 Å². The number of anilines is 1. The summed E-state index contributed by atoms with van der Waals surface area (Å²) in [6, 6.07) is 3.55. The Kier molecular flexibility index (Phi) is 4.21.